The van der Waals surface area contributed by atoms with Gasteiger partial charge < -0.3 is 10.2 Å². The molecular weight excluding hydrogens is 222 g/mol. The highest BCUT2D eigenvalue weighted by Crippen LogP contribution is 2.31. The molecule has 1 aromatic heterocycles. The molecule has 0 amide bonds. The molecule has 3 nitrogen and oxygen atoms in total. The number of nitrogens with zero attached hydrogens (tertiary/aromatic N) is 2. The lowest BCUT2D eigenvalue weighted by Gasteiger charge is -2.37. The summed E-state index contributed by atoms with van der Waals surface area (Å²) in [6.45, 7) is 9.97. The van der Waals surface area contributed by atoms with E-state index >= 15 is 0 Å². The minimum atomic E-state index is 0.494. The zero-order valence-electron chi connectivity index (χ0n) is 12.1. The van der Waals surface area contributed by atoms with Crippen molar-refractivity contribution in [2.45, 2.75) is 40.2 Å². The molecule has 0 aromatic carbocycles. The van der Waals surface area contributed by atoms with Crippen molar-refractivity contribution in [2.75, 3.05) is 25.0 Å². The summed E-state index contributed by atoms with van der Waals surface area (Å²) in [4.78, 5) is 7.11. The van der Waals surface area contributed by atoms with Gasteiger partial charge in [0.15, 0.2) is 0 Å². The Kier molecular flexibility index (Phi) is 3.91. The second-order valence-corrected chi connectivity index (χ2v) is 6.16. The Morgan fingerprint density at radius 3 is 2.56 bits per heavy atom. The number of aromatic nitrogens is 1. The van der Waals surface area contributed by atoms with Crippen LogP contribution in [0, 0.1) is 12.3 Å². The molecule has 1 aromatic rings. The summed E-state index contributed by atoms with van der Waals surface area (Å²) in [6, 6.07) is 4.38. The molecule has 18 heavy (non-hydrogen) atoms. The number of aryl methyl sites for hydroxylation is 1. The predicted molar refractivity (Wildman–Crippen MR) is 77.0 cm³/mol. The Labute approximate surface area is 111 Å². The van der Waals surface area contributed by atoms with Gasteiger partial charge in [-0.25, -0.2) is 4.98 Å². The number of hydrogen-bond donors (Lipinski definition) is 1. The van der Waals surface area contributed by atoms with E-state index in [1.165, 1.54) is 18.4 Å². The number of piperidine rings is 1. The van der Waals surface area contributed by atoms with Gasteiger partial charge in [-0.2, -0.15) is 0 Å². The fraction of sp³-hybridized carbons (Fsp3) is 0.667. The normalized spacial score (nSPS) is 19.0. The molecule has 1 saturated heterocycles. The monoisotopic (exact) mass is 247 g/mol. The minimum absolute atomic E-state index is 0.494. The van der Waals surface area contributed by atoms with Crippen LogP contribution in [0.4, 0.5) is 5.82 Å². The molecule has 0 saturated carbocycles. The van der Waals surface area contributed by atoms with Crippen LogP contribution in [-0.2, 0) is 6.54 Å². The maximum Gasteiger partial charge on any atom is 0.129 e. The second kappa shape index (κ2) is 5.27. The minimum Gasteiger partial charge on any atom is -0.357 e. The Balaban J connectivity index is 2.13. The quantitative estimate of drug-likeness (QED) is 0.890. The number of hydrogen-bond acceptors (Lipinski definition) is 3. The summed E-state index contributed by atoms with van der Waals surface area (Å²) in [5.41, 5.74) is 2.93. The third-order valence-electron chi connectivity index (χ3n) is 3.82. The van der Waals surface area contributed by atoms with E-state index in [2.05, 4.69) is 48.1 Å². The van der Waals surface area contributed by atoms with Crippen LogP contribution in [0.25, 0.3) is 0 Å². The summed E-state index contributed by atoms with van der Waals surface area (Å²) in [5, 5.41) is 3.21. The Morgan fingerprint density at radius 2 is 1.94 bits per heavy atom. The third kappa shape index (κ3) is 3.22. The molecular formula is C15H25N3. The van der Waals surface area contributed by atoms with Gasteiger partial charge in [-0.1, -0.05) is 13.8 Å². The van der Waals surface area contributed by atoms with Gasteiger partial charge in [-0.05, 0) is 49.9 Å². The van der Waals surface area contributed by atoms with Crippen LogP contribution < -0.4 is 10.2 Å². The summed E-state index contributed by atoms with van der Waals surface area (Å²) in [7, 11) is 1.98. The lowest BCUT2D eigenvalue weighted by molar-refractivity contribution is 0.279. The molecule has 0 aliphatic carbocycles. The average Bonchev–Trinajstić information content (AvgIpc) is 2.28. The SMILES string of the molecule is CNCc1cc(C)nc(N2CCC(C)(C)CC2)c1. The van der Waals surface area contributed by atoms with Gasteiger partial charge in [0.25, 0.3) is 0 Å². The summed E-state index contributed by atoms with van der Waals surface area (Å²) in [5.74, 6) is 1.15. The number of pyridine rings is 1. The predicted octanol–water partition coefficient (Wildman–Crippen LogP) is 2.74. The molecule has 0 unspecified atom stereocenters. The van der Waals surface area contributed by atoms with Crippen molar-refractivity contribution in [3.63, 3.8) is 0 Å². The topological polar surface area (TPSA) is 28.2 Å². The van der Waals surface area contributed by atoms with Crippen LogP contribution >= 0.6 is 0 Å². The molecule has 0 radical (unpaired) electrons. The Hall–Kier alpha value is -1.09. The van der Waals surface area contributed by atoms with E-state index in [0.717, 1.165) is 31.1 Å². The Morgan fingerprint density at radius 1 is 1.28 bits per heavy atom. The van der Waals surface area contributed by atoms with E-state index in [1.54, 1.807) is 0 Å². The summed E-state index contributed by atoms with van der Waals surface area (Å²) >= 11 is 0. The van der Waals surface area contributed by atoms with Gasteiger partial charge in [0, 0.05) is 25.3 Å². The van der Waals surface area contributed by atoms with Crippen LogP contribution in [0.3, 0.4) is 0 Å². The van der Waals surface area contributed by atoms with Crippen molar-refractivity contribution in [1.82, 2.24) is 10.3 Å². The van der Waals surface area contributed by atoms with Crippen LogP contribution in [0.2, 0.25) is 0 Å². The highest BCUT2D eigenvalue weighted by molar-refractivity contribution is 5.43. The maximum absolute atomic E-state index is 4.69. The second-order valence-electron chi connectivity index (χ2n) is 6.16. The molecule has 0 atom stereocenters. The van der Waals surface area contributed by atoms with E-state index in [0.29, 0.717) is 5.41 Å². The first-order valence-electron chi connectivity index (χ1n) is 6.87. The van der Waals surface area contributed by atoms with E-state index in [1.807, 2.05) is 7.05 Å². The standard InChI is InChI=1S/C15H25N3/c1-12-9-13(11-16-4)10-14(17-12)18-7-5-15(2,3)6-8-18/h9-10,16H,5-8,11H2,1-4H3. The fourth-order valence-corrected chi connectivity index (χ4v) is 2.53. The first kappa shape index (κ1) is 13.3. The van der Waals surface area contributed by atoms with Gasteiger partial charge >= 0.3 is 0 Å². The molecule has 1 N–H and O–H groups in total. The van der Waals surface area contributed by atoms with Crippen LogP contribution in [0.1, 0.15) is 37.9 Å². The van der Waals surface area contributed by atoms with Gasteiger partial charge in [-0.3, -0.25) is 0 Å². The van der Waals surface area contributed by atoms with Crippen molar-refractivity contribution < 1.29 is 0 Å². The number of nitrogens with one attached hydrogen (secondary N) is 1. The smallest absolute Gasteiger partial charge is 0.129 e. The largest absolute Gasteiger partial charge is 0.357 e. The van der Waals surface area contributed by atoms with E-state index in [9.17, 15) is 0 Å². The third-order valence-corrected chi connectivity index (χ3v) is 3.82. The van der Waals surface area contributed by atoms with Crippen molar-refractivity contribution in [3.8, 4) is 0 Å². The first-order valence-corrected chi connectivity index (χ1v) is 6.87. The van der Waals surface area contributed by atoms with Gasteiger partial charge in [0.2, 0.25) is 0 Å². The molecule has 0 spiro atoms. The summed E-state index contributed by atoms with van der Waals surface area (Å²) in [6.07, 6.45) is 2.51. The van der Waals surface area contributed by atoms with Crippen LogP contribution in [0.5, 0.6) is 0 Å². The number of rotatable bonds is 3. The van der Waals surface area contributed by atoms with Gasteiger partial charge in [0.1, 0.15) is 5.82 Å². The van der Waals surface area contributed by atoms with E-state index in [4.69, 9.17) is 0 Å². The highest BCUT2D eigenvalue weighted by atomic mass is 15.2. The lowest BCUT2D eigenvalue weighted by Crippen LogP contribution is -2.37. The fourth-order valence-electron chi connectivity index (χ4n) is 2.53. The maximum atomic E-state index is 4.69. The van der Waals surface area contributed by atoms with Crippen molar-refractivity contribution in [1.29, 1.82) is 0 Å². The number of anilines is 1. The van der Waals surface area contributed by atoms with Crippen molar-refractivity contribution >= 4 is 5.82 Å². The van der Waals surface area contributed by atoms with Crippen molar-refractivity contribution in [3.05, 3.63) is 23.4 Å². The molecule has 1 aliphatic rings. The molecule has 2 heterocycles. The van der Waals surface area contributed by atoms with E-state index < -0.39 is 0 Å². The van der Waals surface area contributed by atoms with Crippen LogP contribution in [-0.4, -0.2) is 25.1 Å². The van der Waals surface area contributed by atoms with E-state index in [-0.39, 0.29) is 0 Å². The average molecular weight is 247 g/mol. The molecule has 1 aliphatic heterocycles. The molecule has 0 bridgehead atoms. The Bertz CT molecular complexity index is 402. The molecule has 100 valence electrons. The highest BCUT2D eigenvalue weighted by Gasteiger charge is 2.26. The first-order chi connectivity index (χ1) is 8.50. The zero-order valence-corrected chi connectivity index (χ0v) is 12.1. The van der Waals surface area contributed by atoms with Crippen LogP contribution in [0.15, 0.2) is 12.1 Å². The molecule has 1 fully saturated rings. The van der Waals surface area contributed by atoms with Crippen molar-refractivity contribution in [2.24, 2.45) is 5.41 Å². The summed E-state index contributed by atoms with van der Waals surface area (Å²) < 4.78 is 0. The lowest BCUT2D eigenvalue weighted by atomic mass is 9.83. The molecule has 3 heteroatoms. The zero-order chi connectivity index (χ0) is 13.2. The van der Waals surface area contributed by atoms with Gasteiger partial charge in [0.05, 0.1) is 0 Å². The van der Waals surface area contributed by atoms with Gasteiger partial charge in [-0.15, -0.1) is 0 Å². The molecule has 2 rings (SSSR count).